The van der Waals surface area contributed by atoms with Crippen LogP contribution in [-0.2, 0) is 4.79 Å². The van der Waals surface area contributed by atoms with Crippen LogP contribution in [0, 0.1) is 5.92 Å². The number of nitrogens with one attached hydrogen (secondary N) is 1. The first-order valence-electron chi connectivity index (χ1n) is 4.07. The predicted molar refractivity (Wildman–Crippen MR) is 51.2 cm³/mol. The molecule has 3 nitrogen and oxygen atoms in total. The number of carbonyl (C=O) groups is 1. The molecule has 1 amide bonds. The molecule has 0 aromatic heterocycles. The van der Waals surface area contributed by atoms with Gasteiger partial charge in [-0.3, -0.25) is 4.79 Å². The van der Waals surface area contributed by atoms with Crippen LogP contribution in [0.25, 0.3) is 0 Å². The molecule has 12 heavy (non-hydrogen) atoms. The Balaban J connectivity index is 0.00000121. The van der Waals surface area contributed by atoms with E-state index in [0.29, 0.717) is 6.54 Å². The summed E-state index contributed by atoms with van der Waals surface area (Å²) in [6.45, 7) is 4.69. The lowest BCUT2D eigenvalue weighted by atomic mass is 9.95. The first kappa shape index (κ1) is 11.7. The van der Waals surface area contributed by atoms with E-state index in [1.165, 1.54) is 0 Å². The van der Waals surface area contributed by atoms with E-state index in [9.17, 15) is 4.79 Å². The molecular weight excluding hydrogens is 176 g/mol. The van der Waals surface area contributed by atoms with Crippen molar-refractivity contribution in [3.63, 3.8) is 0 Å². The number of hydrogen-bond acceptors (Lipinski definition) is 2. The van der Waals surface area contributed by atoms with E-state index >= 15 is 0 Å². The summed E-state index contributed by atoms with van der Waals surface area (Å²) in [7, 11) is 0. The molecule has 1 heterocycles. The second kappa shape index (κ2) is 4.10. The number of amides is 1. The maximum Gasteiger partial charge on any atom is 0.223 e. The fourth-order valence-electron chi connectivity index (χ4n) is 1.63. The van der Waals surface area contributed by atoms with E-state index < -0.39 is 0 Å². The van der Waals surface area contributed by atoms with E-state index in [4.69, 9.17) is 5.73 Å². The second-order valence-electron chi connectivity index (χ2n) is 3.85. The second-order valence-corrected chi connectivity index (χ2v) is 3.85. The molecule has 1 atom stereocenters. The lowest BCUT2D eigenvalue weighted by Gasteiger charge is -2.16. The highest BCUT2D eigenvalue weighted by Crippen LogP contribution is 2.25. The highest BCUT2D eigenvalue weighted by atomic mass is 35.5. The third-order valence-electron chi connectivity index (χ3n) is 2.10. The Morgan fingerprint density at radius 2 is 2.25 bits per heavy atom. The van der Waals surface area contributed by atoms with Crippen LogP contribution in [0.1, 0.15) is 26.7 Å². The Morgan fingerprint density at radius 3 is 2.58 bits per heavy atom. The van der Waals surface area contributed by atoms with Crippen molar-refractivity contribution in [3.05, 3.63) is 0 Å². The van der Waals surface area contributed by atoms with Crippen molar-refractivity contribution in [2.75, 3.05) is 6.54 Å². The predicted octanol–water partition coefficient (Wildman–Crippen LogP) is 0.672. The molecule has 1 unspecified atom stereocenters. The van der Waals surface area contributed by atoms with Gasteiger partial charge in [0.15, 0.2) is 0 Å². The third-order valence-corrected chi connectivity index (χ3v) is 2.10. The number of nitrogens with two attached hydrogens (primary N) is 1. The van der Waals surface area contributed by atoms with E-state index in [0.717, 1.165) is 12.8 Å². The van der Waals surface area contributed by atoms with Crippen LogP contribution in [0.2, 0.25) is 0 Å². The van der Waals surface area contributed by atoms with Crippen LogP contribution in [0.4, 0.5) is 0 Å². The fourth-order valence-corrected chi connectivity index (χ4v) is 1.63. The molecule has 0 bridgehead atoms. The minimum Gasteiger partial charge on any atom is -0.351 e. The standard InChI is InChI=1S/C8H16N2O.ClH/c1-8(2)5-6(3-4-9)7(11)10-8;/h6H,3-5,9H2,1-2H3,(H,10,11);1H. The van der Waals surface area contributed by atoms with Crippen LogP contribution in [0.3, 0.4) is 0 Å². The molecule has 1 saturated heterocycles. The van der Waals surface area contributed by atoms with Gasteiger partial charge >= 0.3 is 0 Å². The Morgan fingerprint density at radius 1 is 1.67 bits per heavy atom. The van der Waals surface area contributed by atoms with Crippen LogP contribution in [-0.4, -0.2) is 18.0 Å². The van der Waals surface area contributed by atoms with Gasteiger partial charge in [-0.15, -0.1) is 12.4 Å². The average Bonchev–Trinajstić information content (AvgIpc) is 2.07. The number of rotatable bonds is 2. The van der Waals surface area contributed by atoms with Gasteiger partial charge in [-0.2, -0.15) is 0 Å². The van der Waals surface area contributed by atoms with Crippen molar-refractivity contribution >= 4 is 18.3 Å². The van der Waals surface area contributed by atoms with Gasteiger partial charge in [-0.25, -0.2) is 0 Å². The van der Waals surface area contributed by atoms with E-state index in [1.54, 1.807) is 0 Å². The Hall–Kier alpha value is -0.280. The molecule has 0 spiro atoms. The van der Waals surface area contributed by atoms with Gasteiger partial charge in [-0.05, 0) is 33.2 Å². The summed E-state index contributed by atoms with van der Waals surface area (Å²) >= 11 is 0. The van der Waals surface area contributed by atoms with Crippen molar-refractivity contribution in [2.45, 2.75) is 32.2 Å². The summed E-state index contributed by atoms with van der Waals surface area (Å²) in [5.74, 6) is 0.315. The molecule has 1 fully saturated rings. The average molecular weight is 193 g/mol. The maximum absolute atomic E-state index is 11.2. The molecule has 1 aliphatic heterocycles. The van der Waals surface area contributed by atoms with Gasteiger partial charge in [0.2, 0.25) is 5.91 Å². The molecule has 4 heteroatoms. The number of halogens is 1. The highest BCUT2D eigenvalue weighted by molar-refractivity contribution is 5.85. The Kier molecular flexibility index (Phi) is 4.00. The molecule has 72 valence electrons. The Bertz CT molecular complexity index is 170. The summed E-state index contributed by atoms with van der Waals surface area (Å²) in [5, 5.41) is 2.93. The van der Waals surface area contributed by atoms with Gasteiger partial charge in [0, 0.05) is 11.5 Å². The molecular formula is C8H17ClN2O. The van der Waals surface area contributed by atoms with E-state index in [1.807, 2.05) is 13.8 Å². The summed E-state index contributed by atoms with van der Waals surface area (Å²) < 4.78 is 0. The van der Waals surface area contributed by atoms with Gasteiger partial charge in [-0.1, -0.05) is 0 Å². The minimum absolute atomic E-state index is 0. The van der Waals surface area contributed by atoms with Crippen molar-refractivity contribution in [2.24, 2.45) is 11.7 Å². The van der Waals surface area contributed by atoms with E-state index in [-0.39, 0.29) is 29.8 Å². The summed E-state index contributed by atoms with van der Waals surface area (Å²) in [5.41, 5.74) is 5.36. The quantitative estimate of drug-likeness (QED) is 0.676. The molecule has 0 saturated carbocycles. The minimum atomic E-state index is -0.0169. The first-order chi connectivity index (χ1) is 5.05. The highest BCUT2D eigenvalue weighted by Gasteiger charge is 2.36. The van der Waals surface area contributed by atoms with Gasteiger partial charge in [0.25, 0.3) is 0 Å². The van der Waals surface area contributed by atoms with Crippen LogP contribution in [0.5, 0.6) is 0 Å². The third kappa shape index (κ3) is 2.64. The van der Waals surface area contributed by atoms with E-state index in [2.05, 4.69) is 5.32 Å². The normalized spacial score (nSPS) is 26.2. The molecule has 0 radical (unpaired) electrons. The van der Waals surface area contributed by atoms with Crippen molar-refractivity contribution in [3.8, 4) is 0 Å². The van der Waals surface area contributed by atoms with Crippen molar-refractivity contribution < 1.29 is 4.79 Å². The van der Waals surface area contributed by atoms with Gasteiger partial charge < -0.3 is 11.1 Å². The lowest BCUT2D eigenvalue weighted by Crippen LogP contribution is -2.34. The van der Waals surface area contributed by atoms with Crippen LogP contribution in [0.15, 0.2) is 0 Å². The topological polar surface area (TPSA) is 55.1 Å². The molecule has 1 rings (SSSR count). The summed E-state index contributed by atoms with van der Waals surface area (Å²) in [4.78, 5) is 11.2. The zero-order valence-corrected chi connectivity index (χ0v) is 8.41. The number of hydrogen-bond donors (Lipinski definition) is 2. The zero-order valence-electron chi connectivity index (χ0n) is 7.59. The Labute approximate surface area is 79.5 Å². The van der Waals surface area contributed by atoms with Crippen molar-refractivity contribution in [1.29, 1.82) is 0 Å². The largest absolute Gasteiger partial charge is 0.351 e. The number of carbonyl (C=O) groups excluding carboxylic acids is 1. The van der Waals surface area contributed by atoms with Gasteiger partial charge in [0.1, 0.15) is 0 Å². The first-order valence-corrected chi connectivity index (χ1v) is 4.07. The molecule has 0 aromatic carbocycles. The summed E-state index contributed by atoms with van der Waals surface area (Å²) in [6.07, 6.45) is 1.73. The van der Waals surface area contributed by atoms with Crippen LogP contribution < -0.4 is 11.1 Å². The smallest absolute Gasteiger partial charge is 0.223 e. The molecule has 3 N–H and O–H groups in total. The summed E-state index contributed by atoms with van der Waals surface area (Å²) in [6, 6.07) is 0. The fraction of sp³-hybridized carbons (Fsp3) is 0.875. The molecule has 1 aliphatic rings. The molecule has 0 aliphatic carbocycles. The van der Waals surface area contributed by atoms with Crippen LogP contribution >= 0.6 is 12.4 Å². The van der Waals surface area contributed by atoms with Crippen molar-refractivity contribution in [1.82, 2.24) is 5.32 Å². The maximum atomic E-state index is 11.2. The van der Waals surface area contributed by atoms with Gasteiger partial charge in [0.05, 0.1) is 0 Å². The SMILES string of the molecule is CC1(C)CC(CCN)C(=O)N1.Cl. The zero-order chi connectivity index (χ0) is 8.48. The lowest BCUT2D eigenvalue weighted by molar-refractivity contribution is -0.122. The monoisotopic (exact) mass is 192 g/mol. The molecule has 0 aromatic rings.